The number of benzene rings is 1. The molecule has 1 aromatic rings. The fourth-order valence-electron chi connectivity index (χ4n) is 3.54. The minimum absolute atomic E-state index is 0.0153. The monoisotopic (exact) mass is 560 g/mol. The first-order valence-corrected chi connectivity index (χ1v) is 13.8. The van der Waals surface area contributed by atoms with Crippen molar-refractivity contribution >= 4 is 63.0 Å². The molecule has 3 atom stereocenters. The van der Waals surface area contributed by atoms with Crippen molar-refractivity contribution in [2.45, 2.75) is 43.8 Å². The van der Waals surface area contributed by atoms with Gasteiger partial charge in [0.1, 0.15) is 28.8 Å². The van der Waals surface area contributed by atoms with Crippen LogP contribution in [0.25, 0.3) is 0 Å². The van der Waals surface area contributed by atoms with E-state index in [1.54, 1.807) is 20.8 Å². The molecule has 1 saturated heterocycles. The number of amides is 3. The van der Waals surface area contributed by atoms with Crippen LogP contribution >= 0.6 is 23.4 Å². The highest BCUT2D eigenvalue weighted by Gasteiger charge is 2.54. The molecule has 1 fully saturated rings. The number of nitrogens with zero attached hydrogens (tertiary/aromatic N) is 1. The molecule has 2 aliphatic heterocycles. The van der Waals surface area contributed by atoms with E-state index in [-0.39, 0.29) is 27.7 Å². The molecule has 2 aliphatic rings. The van der Waals surface area contributed by atoms with Crippen molar-refractivity contribution in [2.24, 2.45) is 0 Å². The van der Waals surface area contributed by atoms with Gasteiger partial charge in [0.2, 0.25) is 15.9 Å². The summed E-state index contributed by atoms with van der Waals surface area (Å²) in [7, 11) is -3.62. The number of carboxylic acid groups (broad SMARTS) is 1. The van der Waals surface area contributed by atoms with E-state index in [1.165, 1.54) is 36.0 Å². The van der Waals surface area contributed by atoms with E-state index >= 15 is 0 Å². The van der Waals surface area contributed by atoms with E-state index in [9.17, 15) is 32.7 Å². The first-order valence-electron chi connectivity index (χ1n) is 10.5. The third-order valence-electron chi connectivity index (χ3n) is 4.87. The van der Waals surface area contributed by atoms with Gasteiger partial charge in [-0.05, 0) is 38.5 Å². The molecule has 12 nitrogen and oxygen atoms in total. The molecule has 0 aromatic heterocycles. The summed E-state index contributed by atoms with van der Waals surface area (Å²) in [5.41, 5.74) is -0.842. The van der Waals surface area contributed by atoms with Crippen molar-refractivity contribution in [3.63, 3.8) is 0 Å². The van der Waals surface area contributed by atoms with Gasteiger partial charge in [-0.25, -0.2) is 18.0 Å². The number of sulfonamides is 1. The molecular formula is C21H25ClN4O8S2. The normalized spacial score (nSPS) is 20.6. The molecule has 1 unspecified atom stereocenters. The lowest BCUT2D eigenvalue weighted by molar-refractivity contribution is -0.150. The molecule has 2 heterocycles. The van der Waals surface area contributed by atoms with Crippen molar-refractivity contribution in [1.29, 1.82) is 0 Å². The summed E-state index contributed by atoms with van der Waals surface area (Å²) in [5.74, 6) is -2.67. The van der Waals surface area contributed by atoms with Crippen molar-refractivity contribution in [1.82, 2.24) is 15.5 Å². The van der Waals surface area contributed by atoms with Crippen LogP contribution in [0.4, 0.5) is 10.5 Å². The number of alkyl carbamates (subject to hydrolysis) is 1. The Hall–Kier alpha value is -2.97. The number of rotatable bonds is 7. The summed E-state index contributed by atoms with van der Waals surface area (Å²) >= 11 is 7.16. The number of β-lactam (4-membered cyclic amide) rings is 1. The lowest BCUT2D eigenvalue weighted by Crippen LogP contribution is -2.71. The van der Waals surface area contributed by atoms with E-state index < -0.39 is 57.0 Å². The van der Waals surface area contributed by atoms with Crippen LogP contribution in [-0.2, 0) is 29.1 Å². The summed E-state index contributed by atoms with van der Waals surface area (Å²) in [6, 6.07) is 3.36. The number of anilines is 1. The van der Waals surface area contributed by atoms with Crippen LogP contribution in [0.3, 0.4) is 0 Å². The third kappa shape index (κ3) is 6.42. The lowest BCUT2D eigenvalue weighted by Gasteiger charge is -2.49. The Morgan fingerprint density at radius 2 is 1.94 bits per heavy atom. The number of carbonyl (C=O) groups excluding carboxylic acids is 3. The maximum atomic E-state index is 13.3. The number of ether oxygens (including phenoxy) is 1. The quantitative estimate of drug-likeness (QED) is 0.361. The predicted octanol–water partition coefficient (Wildman–Crippen LogP) is 1.56. The lowest BCUT2D eigenvalue weighted by atomic mass is 10.0. The van der Waals surface area contributed by atoms with E-state index in [1.807, 2.05) is 0 Å². The fourth-order valence-corrected chi connectivity index (χ4v) is 5.65. The Bertz CT molecular complexity index is 1240. The van der Waals surface area contributed by atoms with Crippen LogP contribution in [0.5, 0.6) is 0 Å². The Kier molecular flexibility index (Phi) is 7.81. The number of hydrogen-bond donors (Lipinski definition) is 4. The zero-order valence-electron chi connectivity index (χ0n) is 19.7. The van der Waals surface area contributed by atoms with E-state index in [2.05, 4.69) is 15.4 Å². The molecule has 0 bridgehead atoms. The Balaban J connectivity index is 1.86. The number of aliphatic carboxylic acids is 1. The molecule has 0 aliphatic carbocycles. The topological polar surface area (TPSA) is 171 Å². The minimum Gasteiger partial charge on any atom is -0.477 e. The average Bonchev–Trinajstić information content (AvgIpc) is 2.73. The second kappa shape index (κ2) is 10.2. The first kappa shape index (κ1) is 27.6. The summed E-state index contributed by atoms with van der Waals surface area (Å²) in [5, 5.41) is 13.7. The third-order valence-corrected chi connectivity index (χ3v) is 7.23. The maximum Gasteiger partial charge on any atom is 0.408 e. The minimum atomic E-state index is -3.62. The van der Waals surface area contributed by atoms with Crippen LogP contribution in [0, 0.1) is 0 Å². The van der Waals surface area contributed by atoms with Gasteiger partial charge < -0.3 is 20.5 Å². The van der Waals surface area contributed by atoms with Gasteiger partial charge in [-0.1, -0.05) is 23.7 Å². The number of carbonyl (C=O) groups is 4. The van der Waals surface area contributed by atoms with Crippen LogP contribution in [-0.4, -0.2) is 71.3 Å². The zero-order chi connectivity index (χ0) is 27.0. The zero-order valence-corrected chi connectivity index (χ0v) is 22.1. The Labute approximate surface area is 216 Å². The van der Waals surface area contributed by atoms with E-state index in [0.29, 0.717) is 0 Å². The number of nitrogens with one attached hydrogen (secondary N) is 3. The predicted molar refractivity (Wildman–Crippen MR) is 133 cm³/mol. The molecular weight excluding hydrogens is 536 g/mol. The Morgan fingerprint density at radius 1 is 1.28 bits per heavy atom. The number of hydrogen-bond acceptors (Lipinski definition) is 8. The van der Waals surface area contributed by atoms with Crippen LogP contribution in [0.15, 0.2) is 35.0 Å². The van der Waals surface area contributed by atoms with Crippen molar-refractivity contribution in [3.8, 4) is 0 Å². The van der Waals surface area contributed by atoms with Gasteiger partial charge in [-0.2, -0.15) is 0 Å². The molecule has 1 aromatic carbocycles. The largest absolute Gasteiger partial charge is 0.477 e. The molecule has 0 spiro atoms. The second-order valence-electron chi connectivity index (χ2n) is 9.03. The number of thioether (sulfide) groups is 1. The van der Waals surface area contributed by atoms with Gasteiger partial charge in [-0.3, -0.25) is 19.2 Å². The standard InChI is InChI=1S/C21H25ClN4O8S2/c1-21(2,3)34-20(31)24-13(10-6-5-7-11(8-10)25-36(4,32)33)16(27)23-14-17(28)26-15(19(29)30)12(22)9-35-18(14)26/h5-8,13-14,18,25H,9H2,1-4H3,(H,23,27)(H,24,31)(H,29,30)/t13?,14-,18-/m1/s1. The average molecular weight is 561 g/mol. The van der Waals surface area contributed by atoms with Crippen LogP contribution < -0.4 is 15.4 Å². The molecule has 196 valence electrons. The molecule has 0 saturated carbocycles. The molecule has 0 radical (unpaired) electrons. The van der Waals surface area contributed by atoms with Gasteiger partial charge in [-0.15, -0.1) is 11.8 Å². The van der Waals surface area contributed by atoms with Gasteiger partial charge in [0.05, 0.1) is 11.3 Å². The molecule has 4 N–H and O–H groups in total. The highest BCUT2D eigenvalue weighted by atomic mass is 35.5. The Morgan fingerprint density at radius 3 is 2.53 bits per heavy atom. The van der Waals surface area contributed by atoms with Gasteiger partial charge in [0.15, 0.2) is 0 Å². The number of fused-ring (bicyclic) bond motifs is 1. The molecule has 3 amide bonds. The maximum absolute atomic E-state index is 13.3. The highest BCUT2D eigenvalue weighted by molar-refractivity contribution is 8.00. The number of carboxylic acids is 1. The van der Waals surface area contributed by atoms with Gasteiger partial charge >= 0.3 is 12.1 Å². The van der Waals surface area contributed by atoms with Gasteiger partial charge in [0, 0.05) is 11.4 Å². The first-order chi connectivity index (χ1) is 16.6. The summed E-state index contributed by atoms with van der Waals surface area (Å²) in [6.45, 7) is 4.91. The van der Waals surface area contributed by atoms with E-state index in [4.69, 9.17) is 16.3 Å². The van der Waals surface area contributed by atoms with Crippen molar-refractivity contribution in [2.75, 3.05) is 16.7 Å². The van der Waals surface area contributed by atoms with Crippen molar-refractivity contribution < 1.29 is 37.4 Å². The van der Waals surface area contributed by atoms with E-state index in [0.717, 1.165) is 11.2 Å². The molecule has 15 heteroatoms. The SMILES string of the molecule is CC(C)(C)OC(=O)NC(C(=O)N[C@@H]1C(=O)N2C(C(=O)O)=C(Cl)CS[C@H]12)c1cccc(NS(C)(=O)=O)c1. The smallest absolute Gasteiger partial charge is 0.408 e. The van der Waals surface area contributed by atoms with Gasteiger partial charge in [0.25, 0.3) is 5.91 Å². The van der Waals surface area contributed by atoms with Crippen LogP contribution in [0.1, 0.15) is 32.4 Å². The molecule has 36 heavy (non-hydrogen) atoms. The van der Waals surface area contributed by atoms with Crippen molar-refractivity contribution in [3.05, 3.63) is 40.6 Å². The fraction of sp³-hybridized carbons (Fsp3) is 0.429. The number of halogens is 1. The highest BCUT2D eigenvalue weighted by Crippen LogP contribution is 2.41. The van der Waals surface area contributed by atoms with Crippen LogP contribution in [0.2, 0.25) is 0 Å². The summed E-state index contributed by atoms with van der Waals surface area (Å²) in [6.07, 6.45) is 0.0469. The second-order valence-corrected chi connectivity index (χ2v) is 12.3. The summed E-state index contributed by atoms with van der Waals surface area (Å²) < 4.78 is 30.8. The molecule has 3 rings (SSSR count). The summed E-state index contributed by atoms with van der Waals surface area (Å²) in [4.78, 5) is 51.1.